The summed E-state index contributed by atoms with van der Waals surface area (Å²) in [5.41, 5.74) is 1.48. The van der Waals surface area contributed by atoms with Crippen molar-refractivity contribution in [3.05, 3.63) is 22.4 Å². The van der Waals surface area contributed by atoms with Crippen molar-refractivity contribution in [2.75, 3.05) is 6.54 Å². The Morgan fingerprint density at radius 1 is 1.38 bits per heavy atom. The number of hydrogen-bond donors (Lipinski definition) is 1. The first-order chi connectivity index (χ1) is 7.77. The van der Waals surface area contributed by atoms with Crippen molar-refractivity contribution < 1.29 is 0 Å². The quantitative estimate of drug-likeness (QED) is 0.815. The number of hydrogen-bond acceptors (Lipinski definition) is 2. The maximum absolute atomic E-state index is 3.72. The van der Waals surface area contributed by atoms with Crippen LogP contribution >= 0.6 is 11.3 Å². The molecule has 1 aromatic heterocycles. The summed E-state index contributed by atoms with van der Waals surface area (Å²) in [7, 11) is 0. The van der Waals surface area contributed by atoms with Gasteiger partial charge in [0.2, 0.25) is 0 Å². The van der Waals surface area contributed by atoms with Gasteiger partial charge in [-0.25, -0.2) is 0 Å². The zero-order valence-corrected chi connectivity index (χ0v) is 11.2. The fourth-order valence-corrected chi connectivity index (χ4v) is 3.44. The molecule has 1 saturated carbocycles. The van der Waals surface area contributed by atoms with Crippen LogP contribution in [-0.4, -0.2) is 12.6 Å². The molecule has 1 heterocycles. The highest BCUT2D eigenvalue weighted by molar-refractivity contribution is 7.07. The van der Waals surface area contributed by atoms with Gasteiger partial charge in [0.05, 0.1) is 0 Å². The van der Waals surface area contributed by atoms with Gasteiger partial charge < -0.3 is 5.32 Å². The van der Waals surface area contributed by atoms with E-state index in [0.717, 1.165) is 12.5 Å². The minimum absolute atomic E-state index is 0.648. The molecule has 2 atom stereocenters. The first kappa shape index (κ1) is 12.1. The topological polar surface area (TPSA) is 12.0 Å². The van der Waals surface area contributed by atoms with Gasteiger partial charge in [0, 0.05) is 12.6 Å². The predicted molar refractivity (Wildman–Crippen MR) is 72.2 cm³/mol. The minimum Gasteiger partial charge on any atom is -0.313 e. The first-order valence-electron chi connectivity index (χ1n) is 6.53. The third-order valence-corrected chi connectivity index (χ3v) is 4.67. The monoisotopic (exact) mass is 237 g/mol. The maximum atomic E-state index is 3.72. The third-order valence-electron chi connectivity index (χ3n) is 3.97. The van der Waals surface area contributed by atoms with Crippen molar-refractivity contribution in [3.8, 4) is 0 Å². The van der Waals surface area contributed by atoms with Crippen LogP contribution in [0.1, 0.15) is 51.0 Å². The highest BCUT2D eigenvalue weighted by Gasteiger charge is 2.21. The van der Waals surface area contributed by atoms with Gasteiger partial charge in [-0.1, -0.05) is 19.8 Å². The smallest absolute Gasteiger partial charge is 0.00672 e. The van der Waals surface area contributed by atoms with Gasteiger partial charge in [0.25, 0.3) is 0 Å². The predicted octanol–water partition coefficient (Wildman–Crippen LogP) is 4.02. The molecule has 2 unspecified atom stereocenters. The molecule has 1 nitrogen and oxygen atoms in total. The molecule has 1 N–H and O–H groups in total. The van der Waals surface area contributed by atoms with E-state index in [0.29, 0.717) is 12.0 Å². The van der Waals surface area contributed by atoms with Gasteiger partial charge in [0.15, 0.2) is 0 Å². The van der Waals surface area contributed by atoms with Crippen LogP contribution in [0.15, 0.2) is 16.8 Å². The Morgan fingerprint density at radius 3 is 2.75 bits per heavy atom. The summed E-state index contributed by atoms with van der Waals surface area (Å²) >= 11 is 1.80. The molecule has 1 aromatic rings. The van der Waals surface area contributed by atoms with Crippen LogP contribution in [-0.2, 0) is 0 Å². The zero-order valence-electron chi connectivity index (χ0n) is 10.4. The summed E-state index contributed by atoms with van der Waals surface area (Å²) in [6, 6.07) is 2.95. The SMILES string of the molecule is CC(CNC(C)C1CCCC1)c1ccsc1. The van der Waals surface area contributed by atoms with Crippen molar-refractivity contribution >= 4 is 11.3 Å². The van der Waals surface area contributed by atoms with Gasteiger partial charge in [-0.15, -0.1) is 0 Å². The summed E-state index contributed by atoms with van der Waals surface area (Å²) in [4.78, 5) is 0. The van der Waals surface area contributed by atoms with Gasteiger partial charge in [-0.05, 0) is 54.0 Å². The van der Waals surface area contributed by atoms with Crippen molar-refractivity contribution in [2.24, 2.45) is 5.92 Å². The van der Waals surface area contributed by atoms with Crippen LogP contribution in [0.5, 0.6) is 0 Å². The highest BCUT2D eigenvalue weighted by Crippen LogP contribution is 2.27. The van der Waals surface area contributed by atoms with Gasteiger partial charge in [-0.2, -0.15) is 11.3 Å². The normalized spacial score (nSPS) is 21.1. The molecule has 2 rings (SSSR count). The summed E-state index contributed by atoms with van der Waals surface area (Å²) < 4.78 is 0. The second kappa shape index (κ2) is 5.83. The molecule has 0 aromatic carbocycles. The lowest BCUT2D eigenvalue weighted by atomic mass is 9.98. The molecule has 2 heteroatoms. The lowest BCUT2D eigenvalue weighted by Crippen LogP contribution is -2.34. The van der Waals surface area contributed by atoms with E-state index in [1.165, 1.54) is 31.2 Å². The molecule has 16 heavy (non-hydrogen) atoms. The molecule has 1 aliphatic rings. The molecule has 90 valence electrons. The van der Waals surface area contributed by atoms with E-state index in [1.807, 2.05) is 0 Å². The molecule has 0 aliphatic heterocycles. The van der Waals surface area contributed by atoms with Crippen LogP contribution in [0.25, 0.3) is 0 Å². The molecule has 1 fully saturated rings. The third kappa shape index (κ3) is 3.08. The fraction of sp³-hybridized carbons (Fsp3) is 0.714. The largest absolute Gasteiger partial charge is 0.313 e. The Hall–Kier alpha value is -0.340. The molecule has 0 amide bonds. The average Bonchev–Trinajstić information content (AvgIpc) is 2.95. The van der Waals surface area contributed by atoms with E-state index in [2.05, 4.69) is 36.0 Å². The lowest BCUT2D eigenvalue weighted by Gasteiger charge is -2.22. The summed E-state index contributed by atoms with van der Waals surface area (Å²) in [5, 5.41) is 8.16. The maximum Gasteiger partial charge on any atom is 0.00672 e. The Morgan fingerprint density at radius 2 is 2.12 bits per heavy atom. The standard InChI is InChI=1S/C14H23NS/c1-11(14-7-8-16-10-14)9-15-12(2)13-5-3-4-6-13/h7-8,10-13,15H,3-6,9H2,1-2H3. The van der Waals surface area contributed by atoms with Crippen LogP contribution in [0.2, 0.25) is 0 Å². The van der Waals surface area contributed by atoms with E-state index >= 15 is 0 Å². The van der Waals surface area contributed by atoms with Gasteiger partial charge >= 0.3 is 0 Å². The number of nitrogens with one attached hydrogen (secondary N) is 1. The van der Waals surface area contributed by atoms with E-state index in [9.17, 15) is 0 Å². The van der Waals surface area contributed by atoms with Crippen LogP contribution in [0.4, 0.5) is 0 Å². The zero-order chi connectivity index (χ0) is 11.4. The Balaban J connectivity index is 1.74. The van der Waals surface area contributed by atoms with E-state index < -0.39 is 0 Å². The van der Waals surface area contributed by atoms with Crippen LogP contribution < -0.4 is 5.32 Å². The second-order valence-electron chi connectivity index (χ2n) is 5.20. The van der Waals surface area contributed by atoms with Crippen molar-refractivity contribution in [2.45, 2.75) is 51.5 Å². The van der Waals surface area contributed by atoms with Crippen LogP contribution in [0, 0.1) is 5.92 Å². The minimum atomic E-state index is 0.648. The Labute approximate surface area is 103 Å². The van der Waals surface area contributed by atoms with E-state index in [-0.39, 0.29) is 0 Å². The van der Waals surface area contributed by atoms with Gasteiger partial charge in [0.1, 0.15) is 0 Å². The van der Waals surface area contributed by atoms with E-state index in [4.69, 9.17) is 0 Å². The van der Waals surface area contributed by atoms with E-state index in [1.54, 1.807) is 11.3 Å². The van der Waals surface area contributed by atoms with Gasteiger partial charge in [-0.3, -0.25) is 0 Å². The van der Waals surface area contributed by atoms with Crippen molar-refractivity contribution in [1.29, 1.82) is 0 Å². The molecule has 0 radical (unpaired) electrons. The lowest BCUT2D eigenvalue weighted by molar-refractivity contribution is 0.375. The summed E-state index contributed by atoms with van der Waals surface area (Å²) in [6.07, 6.45) is 5.75. The molecule has 0 spiro atoms. The van der Waals surface area contributed by atoms with Crippen molar-refractivity contribution in [1.82, 2.24) is 5.32 Å². The first-order valence-corrected chi connectivity index (χ1v) is 7.47. The number of rotatable bonds is 5. The summed E-state index contributed by atoms with van der Waals surface area (Å²) in [6.45, 7) is 5.79. The Kier molecular flexibility index (Phi) is 4.42. The molecule has 0 bridgehead atoms. The molecular weight excluding hydrogens is 214 g/mol. The summed E-state index contributed by atoms with van der Waals surface area (Å²) in [5.74, 6) is 1.57. The number of thiophene rings is 1. The molecule has 0 saturated heterocycles. The highest BCUT2D eigenvalue weighted by atomic mass is 32.1. The fourth-order valence-electron chi connectivity index (χ4n) is 2.66. The molecule has 1 aliphatic carbocycles. The van der Waals surface area contributed by atoms with Crippen molar-refractivity contribution in [3.63, 3.8) is 0 Å². The Bertz CT molecular complexity index is 288. The average molecular weight is 237 g/mol. The molecular formula is C14H23NS. The second-order valence-corrected chi connectivity index (χ2v) is 5.98. The van der Waals surface area contributed by atoms with Crippen LogP contribution in [0.3, 0.4) is 0 Å².